The fraction of sp³-hybridized carbons (Fsp3) is 0.200. The molecule has 160 valence electrons. The third-order valence-corrected chi connectivity index (χ3v) is 7.02. The summed E-state index contributed by atoms with van der Waals surface area (Å²) in [5.41, 5.74) is 6.41. The lowest BCUT2D eigenvalue weighted by Crippen LogP contribution is -2.24. The normalized spacial score (nSPS) is 14.9. The fourth-order valence-electron chi connectivity index (χ4n) is 4.56. The lowest BCUT2D eigenvalue weighted by atomic mass is 10.1. The maximum Gasteiger partial charge on any atom is 0.155 e. The van der Waals surface area contributed by atoms with Crippen LogP contribution in [0, 0.1) is 6.92 Å². The SMILES string of the molecule is COCc1cc(C)nc2sc3c(c12)N[C@@H](c1ccc(OC)cc1)n1c-3nc2ccccc21. The first-order valence-corrected chi connectivity index (χ1v) is 11.3. The number of imidazole rings is 1. The molecular formula is C25H22N4O2S. The van der Waals surface area contributed by atoms with E-state index in [2.05, 4.69) is 46.3 Å². The topological polar surface area (TPSA) is 61.2 Å². The van der Waals surface area contributed by atoms with Gasteiger partial charge in [0.05, 0.1) is 35.3 Å². The molecule has 0 fully saturated rings. The number of hydrogen-bond acceptors (Lipinski definition) is 6. The highest BCUT2D eigenvalue weighted by atomic mass is 32.1. The van der Waals surface area contributed by atoms with Gasteiger partial charge in [0, 0.05) is 18.2 Å². The molecule has 0 bridgehead atoms. The molecular weight excluding hydrogens is 420 g/mol. The van der Waals surface area contributed by atoms with Crippen LogP contribution in [-0.4, -0.2) is 28.8 Å². The van der Waals surface area contributed by atoms with Gasteiger partial charge in [0.15, 0.2) is 5.82 Å². The van der Waals surface area contributed by atoms with Crippen LogP contribution in [0.5, 0.6) is 5.75 Å². The lowest BCUT2D eigenvalue weighted by Gasteiger charge is -2.29. The van der Waals surface area contributed by atoms with Crippen molar-refractivity contribution in [2.45, 2.75) is 19.7 Å². The average Bonchev–Trinajstić information content (AvgIpc) is 3.37. The van der Waals surface area contributed by atoms with Crippen LogP contribution in [0.1, 0.15) is 23.0 Å². The number of para-hydroxylation sites is 2. The number of thiophene rings is 1. The highest BCUT2D eigenvalue weighted by Crippen LogP contribution is 2.49. The van der Waals surface area contributed by atoms with Crippen LogP contribution in [0.25, 0.3) is 32.0 Å². The second kappa shape index (κ2) is 7.32. The van der Waals surface area contributed by atoms with Crippen molar-refractivity contribution in [3.63, 3.8) is 0 Å². The van der Waals surface area contributed by atoms with Gasteiger partial charge in [0.2, 0.25) is 0 Å². The second-order valence-corrected chi connectivity index (χ2v) is 8.96. The van der Waals surface area contributed by atoms with E-state index >= 15 is 0 Å². The van der Waals surface area contributed by atoms with Gasteiger partial charge in [-0.15, -0.1) is 11.3 Å². The first kappa shape index (κ1) is 19.3. The maximum atomic E-state index is 5.52. The van der Waals surface area contributed by atoms with Gasteiger partial charge in [-0.2, -0.15) is 0 Å². The van der Waals surface area contributed by atoms with E-state index in [-0.39, 0.29) is 6.17 Å². The van der Waals surface area contributed by atoms with E-state index in [1.165, 1.54) is 0 Å². The van der Waals surface area contributed by atoms with Crippen molar-refractivity contribution in [3.8, 4) is 16.5 Å². The zero-order valence-corrected chi connectivity index (χ0v) is 18.9. The van der Waals surface area contributed by atoms with Gasteiger partial charge in [-0.05, 0) is 48.4 Å². The van der Waals surface area contributed by atoms with Crippen molar-refractivity contribution in [2.24, 2.45) is 0 Å². The lowest BCUT2D eigenvalue weighted by molar-refractivity contribution is 0.186. The standard InChI is InChI=1S/C25H22N4O2S/c1-14-12-16(13-30-2)20-21-22(32-25(20)26-14)24-27-18-6-4-5-7-19(18)29(24)23(28-21)15-8-10-17(31-3)11-9-15/h4-12,23,28H,13H2,1-3H3/t23-/m1/s1. The Balaban J connectivity index is 1.65. The summed E-state index contributed by atoms with van der Waals surface area (Å²) in [5, 5.41) is 4.94. The number of ether oxygens (including phenoxy) is 2. The van der Waals surface area contributed by atoms with E-state index in [0.717, 1.165) is 60.2 Å². The molecule has 1 N–H and O–H groups in total. The van der Waals surface area contributed by atoms with Crippen molar-refractivity contribution in [2.75, 3.05) is 19.5 Å². The summed E-state index contributed by atoms with van der Waals surface area (Å²) >= 11 is 1.68. The molecule has 6 nitrogen and oxygen atoms in total. The van der Waals surface area contributed by atoms with Gasteiger partial charge >= 0.3 is 0 Å². The van der Waals surface area contributed by atoms with Gasteiger partial charge in [0.25, 0.3) is 0 Å². The molecule has 2 aromatic carbocycles. The summed E-state index contributed by atoms with van der Waals surface area (Å²) in [7, 11) is 3.42. The van der Waals surface area contributed by atoms with Crippen LogP contribution in [0.3, 0.4) is 0 Å². The summed E-state index contributed by atoms with van der Waals surface area (Å²) in [6.07, 6.45) is -0.106. The number of benzene rings is 2. The number of methoxy groups -OCH3 is 2. The Bertz CT molecular complexity index is 1470. The minimum atomic E-state index is -0.106. The largest absolute Gasteiger partial charge is 0.497 e. The number of aryl methyl sites for hydroxylation is 1. The van der Waals surface area contributed by atoms with E-state index in [9.17, 15) is 0 Å². The number of nitrogens with zero attached hydrogens (tertiary/aromatic N) is 3. The Morgan fingerprint density at radius 3 is 2.66 bits per heavy atom. The Hall–Kier alpha value is -3.42. The summed E-state index contributed by atoms with van der Waals surface area (Å²) in [5.74, 6) is 1.80. The number of pyridine rings is 1. The summed E-state index contributed by atoms with van der Waals surface area (Å²) in [6, 6.07) is 18.6. The molecule has 5 aromatic rings. The first-order chi connectivity index (χ1) is 15.7. The monoisotopic (exact) mass is 442 g/mol. The minimum absolute atomic E-state index is 0.106. The van der Waals surface area contributed by atoms with E-state index in [0.29, 0.717) is 6.61 Å². The highest BCUT2D eigenvalue weighted by Gasteiger charge is 2.32. The Morgan fingerprint density at radius 2 is 1.88 bits per heavy atom. The van der Waals surface area contributed by atoms with Crippen molar-refractivity contribution in [1.82, 2.24) is 14.5 Å². The summed E-state index contributed by atoms with van der Waals surface area (Å²) < 4.78 is 13.2. The van der Waals surface area contributed by atoms with Crippen LogP contribution in [0.2, 0.25) is 0 Å². The molecule has 1 aliphatic rings. The molecule has 0 spiro atoms. The molecule has 3 aromatic heterocycles. The first-order valence-electron chi connectivity index (χ1n) is 10.5. The summed E-state index contributed by atoms with van der Waals surface area (Å²) in [6.45, 7) is 2.56. The van der Waals surface area contributed by atoms with Crippen LogP contribution in [0.4, 0.5) is 5.69 Å². The predicted octanol–water partition coefficient (Wildman–Crippen LogP) is 5.75. The van der Waals surface area contributed by atoms with Crippen LogP contribution in [0.15, 0.2) is 54.6 Å². The third kappa shape index (κ3) is 2.82. The molecule has 0 aliphatic carbocycles. The van der Waals surface area contributed by atoms with Crippen molar-refractivity contribution in [3.05, 3.63) is 71.4 Å². The Morgan fingerprint density at radius 1 is 1.06 bits per heavy atom. The van der Waals surface area contributed by atoms with Crippen LogP contribution < -0.4 is 10.1 Å². The summed E-state index contributed by atoms with van der Waals surface area (Å²) in [4.78, 5) is 12.0. The third-order valence-electron chi connectivity index (χ3n) is 5.94. The number of nitrogens with one attached hydrogen (secondary N) is 1. The number of rotatable bonds is 4. The second-order valence-electron chi connectivity index (χ2n) is 7.96. The van der Waals surface area contributed by atoms with Crippen molar-refractivity contribution < 1.29 is 9.47 Å². The van der Waals surface area contributed by atoms with Gasteiger partial charge in [-0.25, -0.2) is 9.97 Å². The van der Waals surface area contributed by atoms with Gasteiger partial charge < -0.3 is 14.8 Å². The molecule has 0 saturated carbocycles. The maximum absolute atomic E-state index is 5.52. The van der Waals surface area contributed by atoms with Gasteiger partial charge in [-0.1, -0.05) is 24.3 Å². The quantitative estimate of drug-likeness (QED) is 0.384. The molecule has 1 aliphatic heterocycles. The smallest absolute Gasteiger partial charge is 0.155 e. The molecule has 0 amide bonds. The number of aromatic nitrogens is 3. The van der Waals surface area contributed by atoms with E-state index < -0.39 is 0 Å². The van der Waals surface area contributed by atoms with Crippen LogP contribution in [-0.2, 0) is 11.3 Å². The predicted molar refractivity (Wildman–Crippen MR) is 129 cm³/mol. The van der Waals surface area contributed by atoms with E-state index in [4.69, 9.17) is 19.4 Å². The van der Waals surface area contributed by atoms with Crippen molar-refractivity contribution >= 4 is 38.3 Å². The zero-order valence-electron chi connectivity index (χ0n) is 18.0. The molecule has 6 rings (SSSR count). The van der Waals surface area contributed by atoms with Gasteiger partial charge in [0.1, 0.15) is 16.7 Å². The Kier molecular flexibility index (Phi) is 4.41. The number of anilines is 1. The molecule has 1 atom stereocenters. The van der Waals surface area contributed by atoms with E-state index in [1.807, 2.05) is 25.1 Å². The minimum Gasteiger partial charge on any atom is -0.497 e. The van der Waals surface area contributed by atoms with Crippen LogP contribution >= 0.6 is 11.3 Å². The zero-order chi connectivity index (χ0) is 21.8. The molecule has 0 radical (unpaired) electrons. The van der Waals surface area contributed by atoms with Crippen molar-refractivity contribution in [1.29, 1.82) is 0 Å². The average molecular weight is 443 g/mol. The number of hydrogen-bond donors (Lipinski definition) is 1. The fourth-order valence-corrected chi connectivity index (χ4v) is 5.78. The molecule has 7 heteroatoms. The highest BCUT2D eigenvalue weighted by molar-refractivity contribution is 7.22. The number of fused-ring (bicyclic) bond motifs is 7. The molecule has 4 heterocycles. The Labute approximate surface area is 189 Å². The van der Waals surface area contributed by atoms with E-state index in [1.54, 1.807) is 25.6 Å². The molecule has 32 heavy (non-hydrogen) atoms. The van der Waals surface area contributed by atoms with Gasteiger partial charge in [-0.3, -0.25) is 4.57 Å². The molecule has 0 saturated heterocycles. The molecule has 0 unspecified atom stereocenters.